The van der Waals surface area contributed by atoms with Crippen molar-refractivity contribution in [3.8, 4) is 11.5 Å². The Labute approximate surface area is 122 Å². The van der Waals surface area contributed by atoms with Crippen LogP contribution < -0.4 is 9.47 Å². The van der Waals surface area contributed by atoms with Crippen molar-refractivity contribution in [3.05, 3.63) is 29.8 Å². The van der Waals surface area contributed by atoms with E-state index in [9.17, 15) is 9.59 Å². The van der Waals surface area contributed by atoms with Crippen LogP contribution in [0.3, 0.4) is 0 Å². The molecule has 0 aromatic heterocycles. The van der Waals surface area contributed by atoms with Crippen molar-refractivity contribution in [1.29, 1.82) is 0 Å². The predicted molar refractivity (Wildman–Crippen MR) is 76.3 cm³/mol. The highest BCUT2D eigenvalue weighted by Gasteiger charge is 2.19. The normalized spacial score (nSPS) is 14.8. The molecular formula is C15H17NO5. The average Bonchev–Trinajstić information content (AvgIpc) is 2.50. The summed E-state index contributed by atoms with van der Waals surface area (Å²) in [7, 11) is 1.45. The third kappa shape index (κ3) is 3.53. The lowest BCUT2D eigenvalue weighted by atomic mass is 10.1. The number of hydrogen-bond donors (Lipinski definition) is 1. The Morgan fingerprint density at radius 1 is 1.29 bits per heavy atom. The van der Waals surface area contributed by atoms with E-state index in [1.807, 2.05) is 0 Å². The summed E-state index contributed by atoms with van der Waals surface area (Å²) in [5, 5.41) is 8.87. The maximum absolute atomic E-state index is 11.9. The summed E-state index contributed by atoms with van der Waals surface area (Å²) in [6.45, 7) is 2.48. The van der Waals surface area contributed by atoms with Gasteiger partial charge in [-0.3, -0.25) is 4.79 Å². The van der Waals surface area contributed by atoms with Gasteiger partial charge in [-0.2, -0.15) is 0 Å². The van der Waals surface area contributed by atoms with Gasteiger partial charge in [0.25, 0.3) is 0 Å². The molecule has 6 nitrogen and oxygen atoms in total. The largest absolute Gasteiger partial charge is 0.486 e. The molecule has 1 unspecified atom stereocenters. The minimum absolute atomic E-state index is 0.375. The van der Waals surface area contributed by atoms with Crippen molar-refractivity contribution in [2.24, 2.45) is 0 Å². The third-order valence-corrected chi connectivity index (χ3v) is 3.27. The molecule has 1 aliphatic heterocycles. The maximum atomic E-state index is 11.9. The van der Waals surface area contributed by atoms with Crippen LogP contribution in [0.15, 0.2) is 24.3 Å². The molecule has 0 aliphatic carbocycles. The third-order valence-electron chi connectivity index (χ3n) is 3.27. The number of amides is 1. The predicted octanol–water partition coefficient (Wildman–Crippen LogP) is 1.40. The van der Waals surface area contributed by atoms with Gasteiger partial charge in [0.05, 0.1) is 0 Å². The molecular weight excluding hydrogens is 274 g/mol. The minimum Gasteiger partial charge on any atom is -0.486 e. The molecule has 1 amide bonds. The Hall–Kier alpha value is -2.50. The zero-order chi connectivity index (χ0) is 15.4. The molecule has 0 saturated heterocycles. The summed E-state index contributed by atoms with van der Waals surface area (Å²) in [5.41, 5.74) is 0.781. The van der Waals surface area contributed by atoms with E-state index >= 15 is 0 Å². The van der Waals surface area contributed by atoms with Gasteiger partial charge in [-0.05, 0) is 30.7 Å². The summed E-state index contributed by atoms with van der Waals surface area (Å²) >= 11 is 0. The fourth-order valence-electron chi connectivity index (χ4n) is 1.81. The van der Waals surface area contributed by atoms with Crippen molar-refractivity contribution in [2.45, 2.75) is 13.0 Å². The first-order chi connectivity index (χ1) is 9.99. The fourth-order valence-corrected chi connectivity index (χ4v) is 1.81. The first kappa shape index (κ1) is 14.9. The van der Waals surface area contributed by atoms with Crippen LogP contribution in [0.2, 0.25) is 0 Å². The smallest absolute Gasteiger partial charge is 0.326 e. The van der Waals surface area contributed by atoms with Crippen LogP contribution in [0, 0.1) is 0 Å². The number of carboxylic acid groups (broad SMARTS) is 1. The molecule has 1 N–H and O–H groups in total. The highest BCUT2D eigenvalue weighted by atomic mass is 16.6. The lowest BCUT2D eigenvalue weighted by Crippen LogP contribution is -2.39. The van der Waals surface area contributed by atoms with E-state index in [0.29, 0.717) is 24.7 Å². The molecule has 21 heavy (non-hydrogen) atoms. The summed E-state index contributed by atoms with van der Waals surface area (Å²) in [4.78, 5) is 23.9. The van der Waals surface area contributed by atoms with Crippen LogP contribution in [0.5, 0.6) is 11.5 Å². The van der Waals surface area contributed by atoms with E-state index in [1.54, 1.807) is 24.3 Å². The van der Waals surface area contributed by atoms with Crippen molar-refractivity contribution in [3.63, 3.8) is 0 Å². The summed E-state index contributed by atoms with van der Waals surface area (Å²) < 4.78 is 10.9. The first-order valence-corrected chi connectivity index (χ1v) is 6.56. The zero-order valence-electron chi connectivity index (χ0n) is 11.9. The highest BCUT2D eigenvalue weighted by Crippen LogP contribution is 2.31. The standard InChI is InChI=1S/C15H17NO5/c1-10(15(18)19)16(2)14(17)6-4-11-3-5-12-13(9-11)21-8-7-20-12/h3-6,9-10H,7-8H2,1-2H3,(H,18,19). The van der Waals surface area contributed by atoms with Crippen molar-refractivity contribution in [1.82, 2.24) is 4.90 Å². The van der Waals surface area contributed by atoms with E-state index < -0.39 is 12.0 Å². The molecule has 1 atom stereocenters. The van der Waals surface area contributed by atoms with Crippen molar-refractivity contribution >= 4 is 18.0 Å². The number of benzene rings is 1. The van der Waals surface area contributed by atoms with Gasteiger partial charge in [0.2, 0.25) is 5.91 Å². The van der Waals surface area contributed by atoms with Crippen molar-refractivity contribution in [2.75, 3.05) is 20.3 Å². The Morgan fingerprint density at radius 2 is 1.95 bits per heavy atom. The van der Waals surface area contributed by atoms with Gasteiger partial charge in [-0.15, -0.1) is 0 Å². The number of carbonyl (C=O) groups excluding carboxylic acids is 1. The molecule has 6 heteroatoms. The van der Waals surface area contributed by atoms with E-state index in [-0.39, 0.29) is 5.91 Å². The zero-order valence-corrected chi connectivity index (χ0v) is 11.9. The van der Waals surface area contributed by atoms with Gasteiger partial charge in [0.1, 0.15) is 19.3 Å². The number of hydrogen-bond acceptors (Lipinski definition) is 4. The van der Waals surface area contributed by atoms with Crippen molar-refractivity contribution < 1.29 is 24.2 Å². The quantitative estimate of drug-likeness (QED) is 0.849. The monoisotopic (exact) mass is 291 g/mol. The molecule has 112 valence electrons. The second-order valence-electron chi connectivity index (χ2n) is 4.70. The number of ether oxygens (including phenoxy) is 2. The molecule has 0 fully saturated rings. The Bertz CT molecular complexity index is 581. The highest BCUT2D eigenvalue weighted by molar-refractivity contribution is 5.94. The fraction of sp³-hybridized carbons (Fsp3) is 0.333. The lowest BCUT2D eigenvalue weighted by Gasteiger charge is -2.20. The summed E-state index contributed by atoms with van der Waals surface area (Å²) in [5.74, 6) is -0.0946. The van der Waals surface area contributed by atoms with Crippen LogP contribution in [0.1, 0.15) is 12.5 Å². The Kier molecular flexibility index (Phi) is 4.47. The van der Waals surface area contributed by atoms with Crippen LogP contribution in [-0.4, -0.2) is 48.2 Å². The number of nitrogens with zero attached hydrogens (tertiary/aromatic N) is 1. The number of likely N-dealkylation sites (N-methyl/N-ethyl adjacent to an activating group) is 1. The van der Waals surface area contributed by atoms with Gasteiger partial charge >= 0.3 is 5.97 Å². The minimum atomic E-state index is -1.04. The van der Waals surface area contributed by atoms with Gasteiger partial charge in [0, 0.05) is 13.1 Å². The molecule has 1 aromatic carbocycles. The summed E-state index contributed by atoms with van der Waals surface area (Å²) in [6.07, 6.45) is 2.95. The Morgan fingerprint density at radius 3 is 2.62 bits per heavy atom. The van der Waals surface area contributed by atoms with Gasteiger partial charge < -0.3 is 19.5 Å². The number of carboxylic acids is 1. The molecule has 0 bridgehead atoms. The molecule has 0 spiro atoms. The van der Waals surface area contributed by atoms with Crippen LogP contribution in [0.4, 0.5) is 0 Å². The molecule has 2 rings (SSSR count). The maximum Gasteiger partial charge on any atom is 0.326 e. The molecule has 0 radical (unpaired) electrons. The van der Waals surface area contributed by atoms with Crippen LogP contribution in [-0.2, 0) is 9.59 Å². The SMILES string of the molecule is CC(C(=O)O)N(C)C(=O)C=Cc1ccc2c(c1)OCCO2. The molecule has 0 saturated carbocycles. The van der Waals surface area contributed by atoms with Gasteiger partial charge in [-0.1, -0.05) is 6.07 Å². The first-order valence-electron chi connectivity index (χ1n) is 6.56. The number of aliphatic carboxylic acids is 1. The van der Waals surface area contributed by atoms with Gasteiger partial charge in [0.15, 0.2) is 11.5 Å². The van der Waals surface area contributed by atoms with E-state index in [0.717, 1.165) is 10.5 Å². The van der Waals surface area contributed by atoms with Crippen LogP contribution >= 0.6 is 0 Å². The lowest BCUT2D eigenvalue weighted by molar-refractivity contribution is -0.146. The van der Waals surface area contributed by atoms with E-state index in [2.05, 4.69) is 0 Å². The molecule has 1 aliphatic rings. The van der Waals surface area contributed by atoms with Gasteiger partial charge in [-0.25, -0.2) is 4.79 Å². The second kappa shape index (κ2) is 6.30. The second-order valence-corrected chi connectivity index (χ2v) is 4.70. The Balaban J connectivity index is 2.07. The number of rotatable bonds is 4. The average molecular weight is 291 g/mol. The van der Waals surface area contributed by atoms with E-state index in [4.69, 9.17) is 14.6 Å². The number of carbonyl (C=O) groups is 2. The molecule has 1 aromatic rings. The summed E-state index contributed by atoms with van der Waals surface area (Å²) in [6, 6.07) is 4.49. The number of fused-ring (bicyclic) bond motifs is 1. The molecule has 1 heterocycles. The van der Waals surface area contributed by atoms with Crippen LogP contribution in [0.25, 0.3) is 6.08 Å². The van der Waals surface area contributed by atoms with E-state index in [1.165, 1.54) is 20.0 Å². The topological polar surface area (TPSA) is 76.1 Å².